The molecule has 0 aliphatic carbocycles. The van der Waals surface area contributed by atoms with Crippen LogP contribution in [0.15, 0.2) is 41.5 Å². The average Bonchev–Trinajstić information content (AvgIpc) is 2.93. The van der Waals surface area contributed by atoms with E-state index < -0.39 is 0 Å². The molecule has 0 saturated heterocycles. The molecule has 0 aliphatic rings. The van der Waals surface area contributed by atoms with Crippen LogP contribution >= 0.6 is 24.0 Å². The number of nitrogens with zero attached hydrogens (tertiary/aromatic N) is 2. The van der Waals surface area contributed by atoms with Crippen molar-refractivity contribution in [3.05, 3.63) is 36.5 Å². The number of fused-ring (bicyclic) bond motifs is 1. The number of aliphatic imine (C=N–C) groups is 1. The van der Waals surface area contributed by atoms with Gasteiger partial charge in [-0.1, -0.05) is 25.1 Å². The number of rotatable bonds is 6. The van der Waals surface area contributed by atoms with Crippen LogP contribution < -0.4 is 10.6 Å². The fourth-order valence-corrected chi connectivity index (χ4v) is 2.32. The van der Waals surface area contributed by atoms with Crippen molar-refractivity contribution in [3.63, 3.8) is 0 Å². The third-order valence-electron chi connectivity index (χ3n) is 3.77. The molecule has 0 fully saturated rings. The Morgan fingerprint density at radius 3 is 2.77 bits per heavy atom. The topological polar surface area (TPSA) is 41.4 Å². The van der Waals surface area contributed by atoms with Crippen molar-refractivity contribution < 1.29 is 0 Å². The first-order valence-corrected chi connectivity index (χ1v) is 7.75. The molecule has 0 amide bonds. The highest BCUT2D eigenvalue weighted by Crippen LogP contribution is 2.15. The molecular formula is C17H27IN4. The summed E-state index contributed by atoms with van der Waals surface area (Å²) in [6.45, 7) is 6.27. The van der Waals surface area contributed by atoms with E-state index in [9.17, 15) is 0 Å². The molecular weight excluding hydrogens is 387 g/mol. The first-order chi connectivity index (χ1) is 10.2. The smallest absolute Gasteiger partial charge is 0.191 e. The molecule has 5 heteroatoms. The Kier molecular flexibility index (Phi) is 8.30. The van der Waals surface area contributed by atoms with Crippen molar-refractivity contribution in [2.45, 2.75) is 39.3 Å². The van der Waals surface area contributed by atoms with Crippen LogP contribution in [0.5, 0.6) is 0 Å². The second-order valence-electron chi connectivity index (χ2n) is 5.37. The Morgan fingerprint density at radius 2 is 2.05 bits per heavy atom. The molecule has 0 bridgehead atoms. The lowest BCUT2D eigenvalue weighted by Crippen LogP contribution is -2.42. The van der Waals surface area contributed by atoms with Crippen LogP contribution in [-0.4, -0.2) is 30.2 Å². The summed E-state index contributed by atoms with van der Waals surface area (Å²) in [5.41, 5.74) is 1.31. The van der Waals surface area contributed by atoms with Crippen LogP contribution in [0.25, 0.3) is 10.9 Å². The number of hydrogen-bond acceptors (Lipinski definition) is 1. The highest BCUT2D eigenvalue weighted by Gasteiger charge is 2.03. The predicted molar refractivity (Wildman–Crippen MR) is 106 cm³/mol. The molecule has 0 radical (unpaired) electrons. The van der Waals surface area contributed by atoms with E-state index in [2.05, 4.69) is 70.6 Å². The maximum atomic E-state index is 4.25. The first kappa shape index (κ1) is 18.8. The summed E-state index contributed by atoms with van der Waals surface area (Å²) in [6.07, 6.45) is 4.33. The molecule has 1 atom stereocenters. The SMILES string of the molecule is CCC(C)NC(=NC)NCCCn1ccc2ccccc21.I. The third-order valence-corrected chi connectivity index (χ3v) is 3.77. The number of para-hydroxylation sites is 1. The molecule has 1 aromatic heterocycles. The molecule has 0 spiro atoms. The van der Waals surface area contributed by atoms with Gasteiger partial charge in [-0.25, -0.2) is 0 Å². The predicted octanol–water partition coefficient (Wildman–Crippen LogP) is 3.61. The van der Waals surface area contributed by atoms with E-state index in [1.165, 1.54) is 10.9 Å². The molecule has 0 saturated carbocycles. The van der Waals surface area contributed by atoms with Gasteiger partial charge in [0.05, 0.1) is 0 Å². The van der Waals surface area contributed by atoms with E-state index in [-0.39, 0.29) is 24.0 Å². The van der Waals surface area contributed by atoms with Gasteiger partial charge in [0, 0.05) is 37.9 Å². The Bertz CT molecular complexity index is 591. The molecule has 1 heterocycles. The third kappa shape index (κ3) is 5.19. The van der Waals surface area contributed by atoms with E-state index in [0.717, 1.165) is 31.9 Å². The van der Waals surface area contributed by atoms with Crippen LogP contribution in [0.2, 0.25) is 0 Å². The van der Waals surface area contributed by atoms with Crippen LogP contribution in [0.1, 0.15) is 26.7 Å². The van der Waals surface area contributed by atoms with Gasteiger partial charge in [-0.15, -0.1) is 24.0 Å². The minimum atomic E-state index is 0. The standard InChI is InChI=1S/C17H26N4.HI/c1-4-14(2)20-17(18-3)19-11-7-12-21-13-10-15-8-5-6-9-16(15)21;/h5-6,8-10,13-14H,4,7,11-12H2,1-3H3,(H2,18,19,20);1H. The molecule has 122 valence electrons. The molecule has 22 heavy (non-hydrogen) atoms. The van der Waals surface area contributed by atoms with Gasteiger partial charge in [0.2, 0.25) is 0 Å². The summed E-state index contributed by atoms with van der Waals surface area (Å²) in [6, 6.07) is 11.1. The first-order valence-electron chi connectivity index (χ1n) is 7.75. The van der Waals surface area contributed by atoms with Gasteiger partial charge in [-0.2, -0.15) is 0 Å². The van der Waals surface area contributed by atoms with E-state index in [4.69, 9.17) is 0 Å². The van der Waals surface area contributed by atoms with Gasteiger partial charge < -0.3 is 15.2 Å². The molecule has 2 aromatic rings. The maximum Gasteiger partial charge on any atom is 0.191 e. The van der Waals surface area contributed by atoms with Crippen molar-refractivity contribution in [2.75, 3.05) is 13.6 Å². The minimum absolute atomic E-state index is 0. The van der Waals surface area contributed by atoms with Crippen LogP contribution in [0, 0.1) is 0 Å². The second-order valence-corrected chi connectivity index (χ2v) is 5.37. The van der Waals surface area contributed by atoms with Crippen molar-refractivity contribution in [1.29, 1.82) is 0 Å². The van der Waals surface area contributed by atoms with Crippen LogP contribution in [0.4, 0.5) is 0 Å². The number of hydrogen-bond donors (Lipinski definition) is 2. The highest BCUT2D eigenvalue weighted by atomic mass is 127. The quantitative estimate of drug-likeness (QED) is 0.328. The van der Waals surface area contributed by atoms with Gasteiger partial charge in [-0.05, 0) is 37.3 Å². The lowest BCUT2D eigenvalue weighted by molar-refractivity contribution is 0.606. The fraction of sp³-hybridized carbons (Fsp3) is 0.471. The number of aryl methyl sites for hydroxylation is 1. The number of nitrogens with one attached hydrogen (secondary N) is 2. The van der Waals surface area contributed by atoms with Gasteiger partial charge in [0.15, 0.2) is 5.96 Å². The van der Waals surface area contributed by atoms with Crippen molar-refractivity contribution in [2.24, 2.45) is 4.99 Å². The van der Waals surface area contributed by atoms with E-state index >= 15 is 0 Å². The van der Waals surface area contributed by atoms with Crippen molar-refractivity contribution in [1.82, 2.24) is 15.2 Å². The van der Waals surface area contributed by atoms with Gasteiger partial charge in [-0.3, -0.25) is 4.99 Å². The number of guanidine groups is 1. The van der Waals surface area contributed by atoms with Crippen molar-refractivity contribution >= 4 is 40.8 Å². The van der Waals surface area contributed by atoms with Crippen LogP contribution in [-0.2, 0) is 6.54 Å². The van der Waals surface area contributed by atoms with E-state index in [1.54, 1.807) is 0 Å². The molecule has 0 aliphatic heterocycles. The second kappa shape index (κ2) is 9.71. The largest absolute Gasteiger partial charge is 0.356 e. The van der Waals surface area contributed by atoms with Crippen molar-refractivity contribution in [3.8, 4) is 0 Å². The minimum Gasteiger partial charge on any atom is -0.356 e. The zero-order valence-corrected chi connectivity index (χ0v) is 16.0. The summed E-state index contributed by atoms with van der Waals surface area (Å²) in [5, 5.41) is 8.05. The molecule has 1 aromatic carbocycles. The maximum absolute atomic E-state index is 4.25. The van der Waals surface area contributed by atoms with Gasteiger partial charge in [0.25, 0.3) is 0 Å². The zero-order valence-electron chi connectivity index (χ0n) is 13.7. The highest BCUT2D eigenvalue weighted by molar-refractivity contribution is 14.0. The zero-order chi connectivity index (χ0) is 15.1. The summed E-state index contributed by atoms with van der Waals surface area (Å²) in [4.78, 5) is 4.25. The number of benzene rings is 1. The van der Waals surface area contributed by atoms with Gasteiger partial charge >= 0.3 is 0 Å². The summed E-state index contributed by atoms with van der Waals surface area (Å²) < 4.78 is 2.31. The lowest BCUT2D eigenvalue weighted by Gasteiger charge is -2.16. The van der Waals surface area contributed by atoms with E-state index in [1.807, 2.05) is 7.05 Å². The number of halogens is 1. The monoisotopic (exact) mass is 414 g/mol. The Hall–Kier alpha value is -1.24. The van der Waals surface area contributed by atoms with E-state index in [0.29, 0.717) is 6.04 Å². The Labute approximate surface area is 150 Å². The average molecular weight is 414 g/mol. The molecule has 4 nitrogen and oxygen atoms in total. The summed E-state index contributed by atoms with van der Waals surface area (Å²) in [5.74, 6) is 0.890. The Morgan fingerprint density at radius 1 is 1.27 bits per heavy atom. The Balaban J connectivity index is 0.00000242. The summed E-state index contributed by atoms with van der Waals surface area (Å²) in [7, 11) is 1.82. The van der Waals surface area contributed by atoms with Gasteiger partial charge in [0.1, 0.15) is 0 Å². The number of aromatic nitrogens is 1. The molecule has 2 N–H and O–H groups in total. The molecule has 1 unspecified atom stereocenters. The summed E-state index contributed by atoms with van der Waals surface area (Å²) >= 11 is 0. The lowest BCUT2D eigenvalue weighted by atomic mass is 10.2. The molecule has 2 rings (SSSR count). The normalized spacial score (nSPS) is 12.8. The fourth-order valence-electron chi connectivity index (χ4n) is 2.32. The van der Waals surface area contributed by atoms with Crippen LogP contribution in [0.3, 0.4) is 0 Å².